The quantitative estimate of drug-likeness (QED) is 0.820. The summed E-state index contributed by atoms with van der Waals surface area (Å²) in [4.78, 5) is 16.9. The van der Waals surface area contributed by atoms with Crippen molar-refractivity contribution in [1.82, 2.24) is 4.98 Å². The van der Waals surface area contributed by atoms with Crippen molar-refractivity contribution in [3.05, 3.63) is 33.5 Å². The van der Waals surface area contributed by atoms with Crippen LogP contribution in [0.3, 0.4) is 0 Å². The average Bonchev–Trinajstić information content (AvgIpc) is 3.08. The van der Waals surface area contributed by atoms with E-state index in [1.165, 1.54) is 23.3 Å². The second-order valence-corrected chi connectivity index (χ2v) is 5.87. The molecule has 1 atom stereocenters. The first-order chi connectivity index (χ1) is 9.24. The van der Waals surface area contributed by atoms with Crippen molar-refractivity contribution < 1.29 is 9.53 Å². The number of rotatable bonds is 6. The monoisotopic (exact) mass is 296 g/mol. The lowest BCUT2D eigenvalue weighted by molar-refractivity contribution is 0.0595. The molecular weight excluding hydrogens is 280 g/mol. The fraction of sp³-hybridized carbons (Fsp3) is 0.385. The molecule has 2 rings (SSSR count). The highest BCUT2D eigenvalue weighted by molar-refractivity contribution is 7.14. The fourth-order valence-electron chi connectivity index (χ4n) is 1.75. The topological polar surface area (TPSA) is 51.2 Å². The van der Waals surface area contributed by atoms with Gasteiger partial charge in [-0.2, -0.15) is 0 Å². The maximum absolute atomic E-state index is 11.4. The zero-order valence-corrected chi connectivity index (χ0v) is 12.5. The van der Waals surface area contributed by atoms with Gasteiger partial charge in [0.2, 0.25) is 0 Å². The van der Waals surface area contributed by atoms with Gasteiger partial charge in [-0.25, -0.2) is 9.78 Å². The molecule has 0 fully saturated rings. The Morgan fingerprint density at radius 1 is 1.53 bits per heavy atom. The first kappa shape index (κ1) is 14.0. The van der Waals surface area contributed by atoms with E-state index in [1.54, 1.807) is 16.7 Å². The molecule has 1 unspecified atom stereocenters. The van der Waals surface area contributed by atoms with Crippen LogP contribution in [0.15, 0.2) is 22.9 Å². The number of carbonyl (C=O) groups is 1. The molecule has 19 heavy (non-hydrogen) atoms. The van der Waals surface area contributed by atoms with E-state index in [4.69, 9.17) is 0 Å². The van der Waals surface area contributed by atoms with Gasteiger partial charge in [-0.3, -0.25) is 0 Å². The van der Waals surface area contributed by atoms with Gasteiger partial charge in [0.25, 0.3) is 0 Å². The summed E-state index contributed by atoms with van der Waals surface area (Å²) in [5.74, 6) is -0.396. The van der Waals surface area contributed by atoms with E-state index in [0.29, 0.717) is 5.69 Å². The van der Waals surface area contributed by atoms with Gasteiger partial charge in [-0.15, -0.1) is 22.7 Å². The van der Waals surface area contributed by atoms with Crippen LogP contribution in [-0.4, -0.2) is 18.1 Å². The van der Waals surface area contributed by atoms with Gasteiger partial charge in [0.15, 0.2) is 10.8 Å². The summed E-state index contributed by atoms with van der Waals surface area (Å²) in [6, 6.07) is 4.42. The number of carbonyl (C=O) groups excluding carboxylic acids is 1. The zero-order valence-electron chi connectivity index (χ0n) is 10.9. The van der Waals surface area contributed by atoms with E-state index < -0.39 is 5.97 Å². The molecule has 2 aromatic heterocycles. The Balaban J connectivity index is 2.09. The SMILES string of the molecule is CCCC(Nc1nc(C(=O)OC)cs1)c1cccs1. The summed E-state index contributed by atoms with van der Waals surface area (Å²) in [7, 11) is 1.36. The summed E-state index contributed by atoms with van der Waals surface area (Å²) in [5, 5.41) is 7.93. The first-order valence-electron chi connectivity index (χ1n) is 6.08. The highest BCUT2D eigenvalue weighted by Gasteiger charge is 2.15. The molecule has 2 aromatic rings. The predicted octanol–water partition coefficient (Wildman–Crippen LogP) is 3.94. The Morgan fingerprint density at radius 2 is 2.37 bits per heavy atom. The number of anilines is 1. The highest BCUT2D eigenvalue weighted by Crippen LogP contribution is 2.28. The van der Waals surface area contributed by atoms with Crippen LogP contribution in [0.5, 0.6) is 0 Å². The molecule has 1 N–H and O–H groups in total. The molecule has 0 spiro atoms. The van der Waals surface area contributed by atoms with E-state index in [2.05, 4.69) is 33.4 Å². The molecule has 102 valence electrons. The van der Waals surface area contributed by atoms with Crippen LogP contribution >= 0.6 is 22.7 Å². The van der Waals surface area contributed by atoms with E-state index in [0.717, 1.165) is 18.0 Å². The molecule has 0 aliphatic rings. The Morgan fingerprint density at radius 3 is 3.00 bits per heavy atom. The van der Waals surface area contributed by atoms with Gasteiger partial charge in [0.1, 0.15) is 0 Å². The molecule has 0 aliphatic carbocycles. The van der Waals surface area contributed by atoms with E-state index in [9.17, 15) is 4.79 Å². The van der Waals surface area contributed by atoms with Crippen LogP contribution in [0.4, 0.5) is 5.13 Å². The zero-order chi connectivity index (χ0) is 13.7. The maximum Gasteiger partial charge on any atom is 0.357 e. The predicted molar refractivity (Wildman–Crippen MR) is 79.0 cm³/mol. The van der Waals surface area contributed by atoms with Crippen LogP contribution in [0.25, 0.3) is 0 Å². The van der Waals surface area contributed by atoms with Gasteiger partial charge in [0, 0.05) is 10.3 Å². The summed E-state index contributed by atoms with van der Waals surface area (Å²) >= 11 is 3.16. The Labute approximate surface area is 120 Å². The third-order valence-electron chi connectivity index (χ3n) is 2.66. The number of nitrogens with one attached hydrogen (secondary N) is 1. The summed E-state index contributed by atoms with van der Waals surface area (Å²) in [5.41, 5.74) is 0.358. The van der Waals surface area contributed by atoms with Crippen LogP contribution < -0.4 is 5.32 Å². The van der Waals surface area contributed by atoms with Crippen LogP contribution in [0.2, 0.25) is 0 Å². The van der Waals surface area contributed by atoms with Crippen LogP contribution in [0.1, 0.15) is 41.2 Å². The third kappa shape index (κ3) is 3.54. The van der Waals surface area contributed by atoms with Crippen molar-refractivity contribution in [2.24, 2.45) is 0 Å². The number of nitrogens with zero attached hydrogens (tertiary/aromatic N) is 1. The molecule has 0 saturated carbocycles. The van der Waals surface area contributed by atoms with Gasteiger partial charge in [0.05, 0.1) is 13.2 Å². The lowest BCUT2D eigenvalue weighted by atomic mass is 10.1. The second-order valence-electron chi connectivity index (χ2n) is 4.03. The number of esters is 1. The number of methoxy groups -OCH3 is 1. The minimum atomic E-state index is -0.396. The van der Waals surface area contributed by atoms with Gasteiger partial charge < -0.3 is 10.1 Å². The second kappa shape index (κ2) is 6.68. The van der Waals surface area contributed by atoms with Crippen molar-refractivity contribution in [2.45, 2.75) is 25.8 Å². The highest BCUT2D eigenvalue weighted by atomic mass is 32.1. The van der Waals surface area contributed by atoms with Crippen molar-refractivity contribution in [3.63, 3.8) is 0 Å². The van der Waals surface area contributed by atoms with Gasteiger partial charge in [-0.05, 0) is 17.9 Å². The van der Waals surface area contributed by atoms with Crippen LogP contribution in [-0.2, 0) is 4.74 Å². The van der Waals surface area contributed by atoms with Gasteiger partial charge >= 0.3 is 5.97 Å². The molecule has 0 aromatic carbocycles. The number of thiazole rings is 1. The molecule has 4 nitrogen and oxygen atoms in total. The standard InChI is InChI=1S/C13H16N2O2S2/c1-3-5-9(11-6-4-7-18-11)14-13-15-10(8-19-13)12(16)17-2/h4,6-9H,3,5H2,1-2H3,(H,14,15). The Kier molecular flexibility index (Phi) is 4.93. The molecule has 2 heterocycles. The van der Waals surface area contributed by atoms with Crippen molar-refractivity contribution in [2.75, 3.05) is 12.4 Å². The first-order valence-corrected chi connectivity index (χ1v) is 7.84. The number of thiophene rings is 1. The summed E-state index contributed by atoms with van der Waals surface area (Å²) < 4.78 is 4.65. The van der Waals surface area contributed by atoms with Gasteiger partial charge in [-0.1, -0.05) is 19.4 Å². The Bertz CT molecular complexity index is 522. The lowest BCUT2D eigenvalue weighted by Crippen LogP contribution is -2.09. The summed E-state index contributed by atoms with van der Waals surface area (Å²) in [6.45, 7) is 2.16. The number of hydrogen-bond acceptors (Lipinski definition) is 6. The molecule has 0 radical (unpaired) electrons. The van der Waals surface area contributed by atoms with Crippen molar-refractivity contribution in [1.29, 1.82) is 0 Å². The lowest BCUT2D eigenvalue weighted by Gasteiger charge is -2.15. The molecular formula is C13H16N2O2S2. The molecule has 0 aliphatic heterocycles. The molecule has 0 amide bonds. The minimum absolute atomic E-state index is 0.252. The van der Waals surface area contributed by atoms with E-state index in [-0.39, 0.29) is 6.04 Å². The summed E-state index contributed by atoms with van der Waals surface area (Å²) in [6.07, 6.45) is 2.12. The molecule has 0 bridgehead atoms. The molecule has 0 saturated heterocycles. The van der Waals surface area contributed by atoms with Crippen molar-refractivity contribution in [3.8, 4) is 0 Å². The number of aromatic nitrogens is 1. The number of hydrogen-bond donors (Lipinski definition) is 1. The average molecular weight is 296 g/mol. The number of ether oxygens (including phenoxy) is 1. The largest absolute Gasteiger partial charge is 0.464 e. The maximum atomic E-state index is 11.4. The van der Waals surface area contributed by atoms with Crippen LogP contribution in [0, 0.1) is 0 Å². The smallest absolute Gasteiger partial charge is 0.357 e. The molecule has 6 heteroatoms. The minimum Gasteiger partial charge on any atom is -0.464 e. The Hall–Kier alpha value is -1.40. The van der Waals surface area contributed by atoms with E-state index in [1.807, 2.05) is 6.07 Å². The normalized spacial score (nSPS) is 12.1. The van der Waals surface area contributed by atoms with E-state index >= 15 is 0 Å². The van der Waals surface area contributed by atoms with Crippen molar-refractivity contribution >= 4 is 33.8 Å². The fourth-order valence-corrected chi connectivity index (χ4v) is 3.30. The third-order valence-corrected chi connectivity index (χ3v) is 4.42.